The van der Waals surface area contributed by atoms with Gasteiger partial charge in [0.05, 0.1) is 22.8 Å². The predicted molar refractivity (Wildman–Crippen MR) is 132 cm³/mol. The number of amides is 1. The Kier molecular flexibility index (Phi) is 6.60. The minimum absolute atomic E-state index is 0.0923. The molecule has 0 bridgehead atoms. The molecule has 2 aromatic carbocycles. The van der Waals surface area contributed by atoms with Gasteiger partial charge in [0.25, 0.3) is 6.43 Å². The van der Waals surface area contributed by atoms with Gasteiger partial charge in [0.2, 0.25) is 11.9 Å². The van der Waals surface area contributed by atoms with Crippen LogP contribution in [-0.2, 0) is 4.79 Å². The second kappa shape index (κ2) is 9.98. The van der Waals surface area contributed by atoms with Crippen LogP contribution in [0.2, 0.25) is 5.02 Å². The highest BCUT2D eigenvalue weighted by molar-refractivity contribution is 6.34. The van der Waals surface area contributed by atoms with Gasteiger partial charge in [0, 0.05) is 48.2 Å². The fourth-order valence-corrected chi connectivity index (χ4v) is 4.30. The highest BCUT2D eigenvalue weighted by Gasteiger charge is 2.27. The van der Waals surface area contributed by atoms with E-state index in [1.807, 2.05) is 0 Å². The summed E-state index contributed by atoms with van der Waals surface area (Å²) in [7, 11) is 0. The number of anilines is 2. The lowest BCUT2D eigenvalue weighted by atomic mass is 10.0. The van der Waals surface area contributed by atoms with E-state index >= 15 is 0 Å². The van der Waals surface area contributed by atoms with Crippen LogP contribution in [0.3, 0.4) is 0 Å². The van der Waals surface area contributed by atoms with Crippen LogP contribution in [0.25, 0.3) is 22.0 Å². The van der Waals surface area contributed by atoms with Crippen LogP contribution >= 0.6 is 11.6 Å². The number of fused-ring (bicyclic) bond motifs is 1. The van der Waals surface area contributed by atoms with Gasteiger partial charge in [0.1, 0.15) is 11.9 Å². The molecule has 1 fully saturated rings. The predicted octanol–water partition coefficient (Wildman–Crippen LogP) is 4.84. The molecule has 3 heterocycles. The number of piperazine rings is 1. The Labute approximate surface area is 209 Å². The van der Waals surface area contributed by atoms with Crippen LogP contribution in [-0.4, -0.2) is 46.9 Å². The third-order valence-corrected chi connectivity index (χ3v) is 6.19. The first-order valence-corrected chi connectivity index (χ1v) is 11.5. The fourth-order valence-electron chi connectivity index (χ4n) is 4.10. The average Bonchev–Trinajstić information content (AvgIpc) is 2.88. The van der Waals surface area contributed by atoms with Gasteiger partial charge in [0.15, 0.2) is 0 Å². The Morgan fingerprint density at radius 2 is 1.81 bits per heavy atom. The molecule has 1 amide bonds. The number of nitrogens with one attached hydrogen (secondary N) is 2. The monoisotopic (exact) mass is 512 g/mol. The molecule has 0 saturated carbocycles. The fraction of sp³-hybridized carbons (Fsp3) is 0.200. The topological polar surface area (TPSA) is 83.0 Å². The van der Waals surface area contributed by atoms with Crippen molar-refractivity contribution in [3.05, 3.63) is 77.5 Å². The lowest BCUT2D eigenvalue weighted by molar-refractivity contribution is -0.120. The molecule has 11 heteroatoms. The summed E-state index contributed by atoms with van der Waals surface area (Å²) in [5.41, 5.74) is 1.95. The second-order valence-corrected chi connectivity index (χ2v) is 8.64. The maximum absolute atomic E-state index is 14.3. The standard InChI is InChI=1S/C25H20ClF3N6O/c26-18-12-31-20-6-5-14(15-10-32-25(33-11-15)35-8-7-30-21(36)13-35)9-17(20)22(18)34-23(24(28)29)16-3-1-2-4-19(16)27/h1-6,9-12,23-24H,7-8,13H2,(H,30,36)(H,31,34)/t23-/m0/s1. The summed E-state index contributed by atoms with van der Waals surface area (Å²) in [6, 6.07) is 9.05. The van der Waals surface area contributed by atoms with E-state index in [4.69, 9.17) is 11.6 Å². The van der Waals surface area contributed by atoms with Gasteiger partial charge in [-0.15, -0.1) is 0 Å². The maximum atomic E-state index is 14.3. The van der Waals surface area contributed by atoms with Crippen molar-refractivity contribution in [2.75, 3.05) is 29.9 Å². The minimum Gasteiger partial charge on any atom is -0.371 e. The van der Waals surface area contributed by atoms with Gasteiger partial charge < -0.3 is 15.5 Å². The van der Waals surface area contributed by atoms with Crippen molar-refractivity contribution in [2.45, 2.75) is 12.5 Å². The first-order chi connectivity index (χ1) is 17.4. The summed E-state index contributed by atoms with van der Waals surface area (Å²) in [5.74, 6) is -0.398. The molecule has 0 radical (unpaired) electrons. The number of halogens is 4. The van der Waals surface area contributed by atoms with Gasteiger partial charge in [-0.2, -0.15) is 0 Å². The van der Waals surface area contributed by atoms with Crippen LogP contribution in [0.15, 0.2) is 61.1 Å². The molecule has 7 nitrogen and oxygen atoms in total. The molecule has 2 N–H and O–H groups in total. The molecule has 2 aromatic heterocycles. The van der Waals surface area contributed by atoms with Gasteiger partial charge in [-0.1, -0.05) is 35.9 Å². The Morgan fingerprint density at radius 3 is 2.53 bits per heavy atom. The quantitative estimate of drug-likeness (QED) is 0.385. The number of carbonyl (C=O) groups excluding carboxylic acids is 1. The zero-order chi connectivity index (χ0) is 25.2. The van der Waals surface area contributed by atoms with E-state index in [9.17, 15) is 18.0 Å². The number of carbonyl (C=O) groups is 1. The normalized spacial score (nSPS) is 14.7. The van der Waals surface area contributed by atoms with E-state index in [2.05, 4.69) is 25.6 Å². The molecule has 5 rings (SSSR count). The molecule has 1 saturated heterocycles. The molecular weight excluding hydrogens is 493 g/mol. The SMILES string of the molecule is O=C1CN(c2ncc(-c3ccc4ncc(Cl)c(N[C@@H](c5ccccc5F)C(F)F)c4c3)cn2)CCN1. The van der Waals surface area contributed by atoms with Crippen molar-refractivity contribution >= 4 is 40.0 Å². The zero-order valence-electron chi connectivity index (χ0n) is 18.8. The van der Waals surface area contributed by atoms with Crippen molar-refractivity contribution in [1.82, 2.24) is 20.3 Å². The van der Waals surface area contributed by atoms with Crippen molar-refractivity contribution < 1.29 is 18.0 Å². The highest BCUT2D eigenvalue weighted by atomic mass is 35.5. The molecule has 4 aromatic rings. The Bertz CT molecular complexity index is 1420. The number of hydrogen-bond donors (Lipinski definition) is 2. The van der Waals surface area contributed by atoms with Gasteiger partial charge in [-0.05, 0) is 23.8 Å². The number of benzene rings is 2. The Balaban J connectivity index is 1.50. The molecule has 0 spiro atoms. The average molecular weight is 513 g/mol. The van der Waals surface area contributed by atoms with E-state index in [1.54, 1.807) is 35.5 Å². The van der Waals surface area contributed by atoms with Crippen LogP contribution in [0.5, 0.6) is 0 Å². The molecule has 0 unspecified atom stereocenters. The largest absolute Gasteiger partial charge is 0.371 e. The molecule has 0 aliphatic carbocycles. The molecule has 1 atom stereocenters. The van der Waals surface area contributed by atoms with Gasteiger partial charge in [-0.25, -0.2) is 23.1 Å². The lowest BCUT2D eigenvalue weighted by Crippen LogP contribution is -2.48. The van der Waals surface area contributed by atoms with Crippen molar-refractivity contribution in [3.63, 3.8) is 0 Å². The molecule has 1 aliphatic heterocycles. The number of rotatable bonds is 6. The van der Waals surface area contributed by atoms with E-state index in [0.717, 1.165) is 6.07 Å². The highest BCUT2D eigenvalue weighted by Crippen LogP contribution is 2.37. The van der Waals surface area contributed by atoms with Crippen LogP contribution in [0, 0.1) is 5.82 Å². The first-order valence-electron chi connectivity index (χ1n) is 11.1. The summed E-state index contributed by atoms with van der Waals surface area (Å²) in [6.45, 7) is 1.31. The molecular formula is C25H20ClF3N6O. The third-order valence-electron chi connectivity index (χ3n) is 5.91. The summed E-state index contributed by atoms with van der Waals surface area (Å²) in [6.07, 6.45) is 1.72. The lowest BCUT2D eigenvalue weighted by Gasteiger charge is -2.26. The number of pyridine rings is 1. The van der Waals surface area contributed by atoms with E-state index < -0.39 is 18.3 Å². The molecule has 36 heavy (non-hydrogen) atoms. The maximum Gasteiger partial charge on any atom is 0.262 e. The second-order valence-electron chi connectivity index (χ2n) is 8.23. The van der Waals surface area contributed by atoms with Crippen molar-refractivity contribution in [2.24, 2.45) is 0 Å². The Morgan fingerprint density at radius 1 is 1.03 bits per heavy atom. The third kappa shape index (κ3) is 4.76. The first kappa shape index (κ1) is 23.8. The van der Waals surface area contributed by atoms with Crippen molar-refractivity contribution in [1.29, 1.82) is 0 Å². The molecule has 1 aliphatic rings. The van der Waals surface area contributed by atoms with Crippen LogP contribution < -0.4 is 15.5 Å². The van der Waals surface area contributed by atoms with Crippen LogP contribution in [0.1, 0.15) is 11.6 Å². The molecule has 184 valence electrons. The Hall–Kier alpha value is -3.92. The smallest absolute Gasteiger partial charge is 0.262 e. The van der Waals surface area contributed by atoms with E-state index in [1.165, 1.54) is 24.4 Å². The minimum atomic E-state index is -2.90. The summed E-state index contributed by atoms with van der Waals surface area (Å²) in [5, 5.41) is 6.10. The number of nitrogens with zero attached hydrogens (tertiary/aromatic N) is 4. The number of hydrogen-bond acceptors (Lipinski definition) is 6. The number of alkyl halides is 2. The zero-order valence-corrected chi connectivity index (χ0v) is 19.5. The summed E-state index contributed by atoms with van der Waals surface area (Å²) < 4.78 is 42.4. The van der Waals surface area contributed by atoms with Crippen molar-refractivity contribution in [3.8, 4) is 11.1 Å². The van der Waals surface area contributed by atoms with E-state index in [-0.39, 0.29) is 28.7 Å². The number of aromatic nitrogens is 3. The van der Waals surface area contributed by atoms with Gasteiger partial charge >= 0.3 is 0 Å². The van der Waals surface area contributed by atoms with Crippen LogP contribution in [0.4, 0.5) is 24.8 Å². The van der Waals surface area contributed by atoms with Gasteiger partial charge in [-0.3, -0.25) is 9.78 Å². The summed E-state index contributed by atoms with van der Waals surface area (Å²) >= 11 is 6.37. The summed E-state index contributed by atoms with van der Waals surface area (Å²) in [4.78, 5) is 26.5. The van der Waals surface area contributed by atoms with E-state index in [0.29, 0.717) is 41.1 Å².